The van der Waals surface area contributed by atoms with E-state index >= 15 is 0 Å². The van der Waals surface area contributed by atoms with Gasteiger partial charge in [-0.25, -0.2) is 9.78 Å². The number of rotatable bonds is 3. The SMILES string of the molecule is CN(CC(F)(F)F)C(=O)OC1CCN(c2cnnc3cnc4[nH]ccc4c23)C1. The minimum atomic E-state index is -4.47. The molecule has 1 N–H and O–H groups in total. The molecule has 148 valence electrons. The van der Waals surface area contributed by atoms with Crippen molar-refractivity contribution in [2.24, 2.45) is 0 Å². The Balaban J connectivity index is 1.52. The first-order chi connectivity index (χ1) is 13.3. The fraction of sp³-hybridized carbons (Fsp3) is 0.412. The molecular weight excluding hydrogens is 377 g/mol. The van der Waals surface area contributed by atoms with Crippen LogP contribution in [0.5, 0.6) is 0 Å². The Morgan fingerprint density at radius 3 is 3.04 bits per heavy atom. The zero-order valence-corrected chi connectivity index (χ0v) is 14.9. The Kier molecular flexibility index (Phi) is 4.44. The molecule has 1 atom stereocenters. The van der Waals surface area contributed by atoms with Gasteiger partial charge in [0.15, 0.2) is 0 Å². The number of halogens is 3. The molecule has 0 radical (unpaired) electrons. The molecule has 0 spiro atoms. The number of aromatic amines is 1. The zero-order chi connectivity index (χ0) is 19.9. The van der Waals surface area contributed by atoms with Gasteiger partial charge in [0.05, 0.1) is 24.6 Å². The van der Waals surface area contributed by atoms with Crippen LogP contribution in [-0.2, 0) is 4.74 Å². The van der Waals surface area contributed by atoms with Crippen molar-refractivity contribution >= 4 is 33.7 Å². The maximum Gasteiger partial charge on any atom is 0.410 e. The summed E-state index contributed by atoms with van der Waals surface area (Å²) in [5.74, 6) is 0. The van der Waals surface area contributed by atoms with Crippen molar-refractivity contribution < 1.29 is 22.7 Å². The van der Waals surface area contributed by atoms with Crippen molar-refractivity contribution in [2.45, 2.75) is 18.7 Å². The number of anilines is 1. The lowest BCUT2D eigenvalue weighted by Gasteiger charge is -2.22. The second-order valence-electron chi connectivity index (χ2n) is 6.70. The van der Waals surface area contributed by atoms with E-state index in [2.05, 4.69) is 20.2 Å². The van der Waals surface area contributed by atoms with Crippen molar-refractivity contribution in [3.05, 3.63) is 24.7 Å². The third-order valence-electron chi connectivity index (χ3n) is 4.65. The predicted octanol–water partition coefficient (Wildman–Crippen LogP) is 2.72. The third kappa shape index (κ3) is 3.51. The molecule has 1 aliphatic heterocycles. The number of aromatic nitrogens is 4. The van der Waals surface area contributed by atoms with Crippen LogP contribution in [0, 0.1) is 0 Å². The van der Waals surface area contributed by atoms with E-state index in [1.807, 2.05) is 11.0 Å². The van der Waals surface area contributed by atoms with E-state index in [1.165, 1.54) is 0 Å². The minimum Gasteiger partial charge on any atom is -0.444 e. The van der Waals surface area contributed by atoms with Gasteiger partial charge in [0.25, 0.3) is 0 Å². The number of ether oxygens (including phenoxy) is 1. The number of hydrogen-bond donors (Lipinski definition) is 1. The summed E-state index contributed by atoms with van der Waals surface area (Å²) in [6, 6.07) is 1.90. The number of carbonyl (C=O) groups excluding carboxylic acids is 1. The normalized spacial score (nSPS) is 17.4. The summed E-state index contributed by atoms with van der Waals surface area (Å²) in [6.45, 7) is -0.407. The highest BCUT2D eigenvalue weighted by Gasteiger charge is 2.34. The summed E-state index contributed by atoms with van der Waals surface area (Å²) in [6.07, 6.45) is -0.399. The monoisotopic (exact) mass is 394 g/mol. The van der Waals surface area contributed by atoms with E-state index < -0.39 is 24.9 Å². The Labute approximate surface area is 157 Å². The van der Waals surface area contributed by atoms with Crippen LogP contribution in [0.2, 0.25) is 0 Å². The summed E-state index contributed by atoms with van der Waals surface area (Å²) in [5, 5.41) is 9.91. The fourth-order valence-electron chi connectivity index (χ4n) is 3.40. The number of carbonyl (C=O) groups is 1. The highest BCUT2D eigenvalue weighted by Crippen LogP contribution is 2.32. The Morgan fingerprint density at radius 1 is 1.43 bits per heavy atom. The molecule has 1 fully saturated rings. The van der Waals surface area contributed by atoms with Crippen LogP contribution in [0.4, 0.5) is 23.7 Å². The van der Waals surface area contributed by atoms with E-state index in [-0.39, 0.29) is 0 Å². The fourth-order valence-corrected chi connectivity index (χ4v) is 3.40. The topological polar surface area (TPSA) is 87.2 Å². The highest BCUT2D eigenvalue weighted by atomic mass is 19.4. The molecule has 0 aromatic carbocycles. The number of nitrogens with zero attached hydrogens (tertiary/aromatic N) is 5. The lowest BCUT2D eigenvalue weighted by Crippen LogP contribution is -2.38. The highest BCUT2D eigenvalue weighted by molar-refractivity contribution is 6.09. The summed E-state index contributed by atoms with van der Waals surface area (Å²) in [4.78, 5) is 21.8. The number of nitrogens with one attached hydrogen (secondary N) is 1. The standard InChI is InChI=1S/C17H17F3N6O2/c1-25(9-17(18,19)20)16(27)28-10-3-5-26(8-10)13-7-23-24-12-6-22-15-11(14(12)13)2-4-21-15/h2,4,6-7,10H,3,5,8-9H2,1H3,(H,21,22). The van der Waals surface area contributed by atoms with Crippen molar-refractivity contribution in [1.82, 2.24) is 25.1 Å². The predicted molar refractivity (Wildman–Crippen MR) is 95.0 cm³/mol. The van der Waals surface area contributed by atoms with Gasteiger partial charge >= 0.3 is 12.3 Å². The molecule has 8 nitrogen and oxygen atoms in total. The molecule has 1 saturated heterocycles. The molecule has 11 heteroatoms. The third-order valence-corrected chi connectivity index (χ3v) is 4.65. The number of hydrogen-bond acceptors (Lipinski definition) is 6. The summed E-state index contributed by atoms with van der Waals surface area (Å²) in [5.41, 5.74) is 2.17. The number of pyridine rings is 1. The van der Waals surface area contributed by atoms with Crippen LogP contribution in [0.1, 0.15) is 6.42 Å². The average Bonchev–Trinajstić information content (AvgIpc) is 3.28. The average molecular weight is 394 g/mol. The molecule has 0 bridgehead atoms. The first-order valence-corrected chi connectivity index (χ1v) is 8.63. The maximum absolute atomic E-state index is 12.4. The van der Waals surface area contributed by atoms with Gasteiger partial charge in [-0.2, -0.15) is 18.3 Å². The molecule has 1 aliphatic rings. The van der Waals surface area contributed by atoms with Crippen LogP contribution < -0.4 is 4.90 Å². The molecule has 0 aliphatic carbocycles. The van der Waals surface area contributed by atoms with Gasteiger partial charge in [-0.3, -0.25) is 0 Å². The van der Waals surface area contributed by atoms with Crippen LogP contribution in [0.25, 0.3) is 21.9 Å². The van der Waals surface area contributed by atoms with E-state index in [0.717, 1.165) is 29.2 Å². The summed E-state index contributed by atoms with van der Waals surface area (Å²) < 4.78 is 42.5. The largest absolute Gasteiger partial charge is 0.444 e. The summed E-state index contributed by atoms with van der Waals surface area (Å²) >= 11 is 0. The summed E-state index contributed by atoms with van der Waals surface area (Å²) in [7, 11) is 1.07. The zero-order valence-electron chi connectivity index (χ0n) is 14.9. The minimum absolute atomic E-state index is 0.362. The molecule has 1 amide bonds. The van der Waals surface area contributed by atoms with Crippen LogP contribution >= 0.6 is 0 Å². The van der Waals surface area contributed by atoms with Crippen molar-refractivity contribution in [3.8, 4) is 0 Å². The second kappa shape index (κ2) is 6.80. The van der Waals surface area contributed by atoms with Gasteiger partial charge in [0.1, 0.15) is 23.8 Å². The first kappa shape index (κ1) is 18.3. The lowest BCUT2D eigenvalue weighted by molar-refractivity contribution is -0.140. The van der Waals surface area contributed by atoms with Gasteiger partial charge in [-0.1, -0.05) is 0 Å². The van der Waals surface area contributed by atoms with Gasteiger partial charge in [-0.15, -0.1) is 5.10 Å². The number of H-pyrrole nitrogens is 1. The van der Waals surface area contributed by atoms with E-state index in [1.54, 1.807) is 18.6 Å². The van der Waals surface area contributed by atoms with E-state index in [4.69, 9.17) is 4.74 Å². The van der Waals surface area contributed by atoms with Crippen LogP contribution in [-0.4, -0.2) is 70.1 Å². The molecule has 3 aromatic heterocycles. The van der Waals surface area contributed by atoms with Crippen LogP contribution in [0.15, 0.2) is 24.7 Å². The maximum atomic E-state index is 12.4. The quantitative estimate of drug-likeness (QED) is 0.735. The lowest BCUT2D eigenvalue weighted by atomic mass is 10.1. The number of alkyl halides is 3. The first-order valence-electron chi connectivity index (χ1n) is 8.63. The number of fused-ring (bicyclic) bond motifs is 3. The van der Waals surface area contributed by atoms with Crippen molar-refractivity contribution in [1.29, 1.82) is 0 Å². The molecule has 1 unspecified atom stereocenters. The second-order valence-corrected chi connectivity index (χ2v) is 6.70. The van der Waals surface area contributed by atoms with E-state index in [0.29, 0.717) is 29.9 Å². The van der Waals surface area contributed by atoms with Crippen molar-refractivity contribution in [2.75, 3.05) is 31.6 Å². The van der Waals surface area contributed by atoms with Gasteiger partial charge in [0.2, 0.25) is 0 Å². The van der Waals surface area contributed by atoms with Gasteiger partial charge in [0, 0.05) is 37.0 Å². The number of amides is 1. The molecule has 4 heterocycles. The Hall–Kier alpha value is -3.11. The van der Waals surface area contributed by atoms with Gasteiger partial charge in [-0.05, 0) is 6.07 Å². The van der Waals surface area contributed by atoms with Crippen molar-refractivity contribution in [3.63, 3.8) is 0 Å². The van der Waals surface area contributed by atoms with Crippen LogP contribution in [0.3, 0.4) is 0 Å². The Morgan fingerprint density at radius 2 is 2.25 bits per heavy atom. The molecule has 0 saturated carbocycles. The van der Waals surface area contributed by atoms with E-state index in [9.17, 15) is 18.0 Å². The smallest absolute Gasteiger partial charge is 0.410 e. The Bertz CT molecular complexity index is 1020. The molecule has 28 heavy (non-hydrogen) atoms. The molecular formula is C17H17F3N6O2. The van der Waals surface area contributed by atoms with Gasteiger partial charge < -0.3 is 19.5 Å². The molecule has 3 aromatic rings. The molecule has 4 rings (SSSR count).